The normalized spacial score (nSPS) is 9.88. The number of nitrogens with zero attached hydrogens (tertiary/aromatic N) is 1. The van der Waals surface area contributed by atoms with Gasteiger partial charge in [0.25, 0.3) is 0 Å². The van der Waals surface area contributed by atoms with Gasteiger partial charge in [-0.25, -0.2) is 0 Å². The number of halogens is 1. The maximum atomic E-state index is 5.86. The molecule has 0 amide bonds. The van der Waals surface area contributed by atoms with Crippen LogP contribution in [0.2, 0.25) is 5.02 Å². The van der Waals surface area contributed by atoms with Crippen LogP contribution in [0.3, 0.4) is 0 Å². The average molecular weight is 235 g/mol. The van der Waals surface area contributed by atoms with E-state index in [0.717, 1.165) is 5.69 Å². The molecule has 0 atom stereocenters. The molecule has 3 nitrogen and oxygen atoms in total. The fourth-order valence-electron chi connectivity index (χ4n) is 1.28. The number of hydrogen-bond donors (Lipinski definition) is 1. The van der Waals surface area contributed by atoms with Crippen molar-refractivity contribution in [3.05, 3.63) is 47.7 Å². The fourth-order valence-corrected chi connectivity index (χ4v) is 1.46. The van der Waals surface area contributed by atoms with Crippen molar-refractivity contribution in [1.29, 1.82) is 0 Å². The first-order chi connectivity index (χ1) is 7.78. The highest BCUT2D eigenvalue weighted by atomic mass is 35.5. The molecular formula is C12H11ClN2O. The Hall–Kier alpha value is -1.74. The van der Waals surface area contributed by atoms with Crippen LogP contribution in [0, 0.1) is 0 Å². The van der Waals surface area contributed by atoms with E-state index in [-0.39, 0.29) is 0 Å². The fraction of sp³-hybridized carbons (Fsp3) is 0.0833. The van der Waals surface area contributed by atoms with E-state index in [2.05, 4.69) is 10.3 Å². The first-order valence-electron chi connectivity index (χ1n) is 4.84. The lowest BCUT2D eigenvalue weighted by atomic mass is 10.3. The highest BCUT2D eigenvalue weighted by molar-refractivity contribution is 6.30. The zero-order valence-corrected chi connectivity index (χ0v) is 9.53. The molecule has 0 saturated heterocycles. The lowest BCUT2D eigenvalue weighted by Crippen LogP contribution is -1.91. The molecule has 2 rings (SSSR count). The largest absolute Gasteiger partial charge is 0.456 e. The van der Waals surface area contributed by atoms with Gasteiger partial charge in [0.15, 0.2) is 0 Å². The zero-order valence-electron chi connectivity index (χ0n) is 8.77. The maximum absolute atomic E-state index is 5.86. The molecule has 0 aliphatic carbocycles. The van der Waals surface area contributed by atoms with Crippen LogP contribution in [0.4, 0.5) is 5.69 Å². The summed E-state index contributed by atoms with van der Waals surface area (Å²) >= 11 is 5.86. The second-order valence-electron chi connectivity index (χ2n) is 3.22. The number of hydrogen-bond acceptors (Lipinski definition) is 3. The quantitative estimate of drug-likeness (QED) is 0.882. The Morgan fingerprint density at radius 1 is 1.19 bits per heavy atom. The van der Waals surface area contributed by atoms with Crippen molar-refractivity contribution in [1.82, 2.24) is 4.98 Å². The highest BCUT2D eigenvalue weighted by Gasteiger charge is 1.99. The first kappa shape index (κ1) is 10.8. The van der Waals surface area contributed by atoms with Gasteiger partial charge in [-0.05, 0) is 18.2 Å². The summed E-state index contributed by atoms with van der Waals surface area (Å²) in [5.74, 6) is 1.37. The second kappa shape index (κ2) is 4.86. The SMILES string of the molecule is CNc1cncc(Oc2cccc(Cl)c2)c1. The van der Waals surface area contributed by atoms with Gasteiger partial charge in [0.05, 0.1) is 18.1 Å². The van der Waals surface area contributed by atoms with Gasteiger partial charge in [-0.15, -0.1) is 0 Å². The van der Waals surface area contributed by atoms with Crippen LogP contribution in [0.25, 0.3) is 0 Å². The summed E-state index contributed by atoms with van der Waals surface area (Å²) < 4.78 is 5.61. The third-order valence-corrected chi connectivity index (χ3v) is 2.27. The van der Waals surface area contributed by atoms with Crippen LogP contribution >= 0.6 is 11.6 Å². The zero-order chi connectivity index (χ0) is 11.4. The molecule has 1 heterocycles. The number of anilines is 1. The lowest BCUT2D eigenvalue weighted by Gasteiger charge is -2.06. The van der Waals surface area contributed by atoms with Crippen molar-refractivity contribution in [2.24, 2.45) is 0 Å². The van der Waals surface area contributed by atoms with Crippen molar-refractivity contribution in [2.45, 2.75) is 0 Å². The highest BCUT2D eigenvalue weighted by Crippen LogP contribution is 2.24. The molecule has 0 unspecified atom stereocenters. The molecule has 0 spiro atoms. The van der Waals surface area contributed by atoms with Gasteiger partial charge in [0, 0.05) is 18.1 Å². The summed E-state index contributed by atoms with van der Waals surface area (Å²) in [5, 5.41) is 3.64. The average Bonchev–Trinajstić information content (AvgIpc) is 2.29. The van der Waals surface area contributed by atoms with E-state index >= 15 is 0 Å². The van der Waals surface area contributed by atoms with Gasteiger partial charge in [0.2, 0.25) is 0 Å². The minimum Gasteiger partial charge on any atom is -0.456 e. The molecule has 82 valence electrons. The third-order valence-electron chi connectivity index (χ3n) is 2.03. The molecule has 4 heteroatoms. The molecule has 1 aromatic carbocycles. The number of nitrogens with one attached hydrogen (secondary N) is 1. The summed E-state index contributed by atoms with van der Waals surface area (Å²) in [7, 11) is 1.83. The van der Waals surface area contributed by atoms with E-state index in [4.69, 9.17) is 16.3 Å². The van der Waals surface area contributed by atoms with E-state index in [0.29, 0.717) is 16.5 Å². The Balaban J connectivity index is 2.20. The van der Waals surface area contributed by atoms with Gasteiger partial charge in [-0.3, -0.25) is 4.98 Å². The molecule has 1 N–H and O–H groups in total. The van der Waals surface area contributed by atoms with Crippen LogP contribution in [0.1, 0.15) is 0 Å². The third kappa shape index (κ3) is 2.64. The van der Waals surface area contributed by atoms with Crippen LogP contribution in [-0.2, 0) is 0 Å². The number of benzene rings is 1. The molecule has 0 aliphatic rings. The minimum atomic E-state index is 0.648. The summed E-state index contributed by atoms with van der Waals surface area (Å²) in [6, 6.07) is 9.11. The number of pyridine rings is 1. The van der Waals surface area contributed by atoms with Crippen LogP contribution < -0.4 is 10.1 Å². The van der Waals surface area contributed by atoms with Crippen molar-refractivity contribution in [3.8, 4) is 11.5 Å². The standard InChI is InChI=1S/C12H11ClN2O/c1-14-10-6-12(8-15-7-10)16-11-4-2-3-9(13)5-11/h2-8,14H,1H3. The molecule has 1 aromatic heterocycles. The Labute approximate surface area is 99.0 Å². The van der Waals surface area contributed by atoms with Gasteiger partial charge < -0.3 is 10.1 Å². The molecule has 0 radical (unpaired) electrons. The number of rotatable bonds is 3. The summed E-state index contributed by atoms with van der Waals surface area (Å²) in [6.07, 6.45) is 3.38. The molecule has 0 bridgehead atoms. The van der Waals surface area contributed by atoms with Gasteiger partial charge >= 0.3 is 0 Å². The minimum absolute atomic E-state index is 0.648. The summed E-state index contributed by atoms with van der Waals surface area (Å²) in [6.45, 7) is 0. The molecule has 0 aliphatic heterocycles. The van der Waals surface area contributed by atoms with E-state index in [1.54, 1.807) is 24.5 Å². The Bertz CT molecular complexity index is 488. The topological polar surface area (TPSA) is 34.2 Å². The molecule has 2 aromatic rings. The smallest absolute Gasteiger partial charge is 0.147 e. The van der Waals surface area contributed by atoms with Crippen LogP contribution in [0.5, 0.6) is 11.5 Å². The summed E-state index contributed by atoms with van der Waals surface area (Å²) in [4.78, 5) is 4.05. The second-order valence-corrected chi connectivity index (χ2v) is 3.66. The Kier molecular flexibility index (Phi) is 3.27. The van der Waals surface area contributed by atoms with E-state index in [9.17, 15) is 0 Å². The predicted octanol–water partition coefficient (Wildman–Crippen LogP) is 3.57. The van der Waals surface area contributed by atoms with Crippen molar-refractivity contribution in [3.63, 3.8) is 0 Å². The molecule has 0 fully saturated rings. The van der Waals surface area contributed by atoms with Crippen LogP contribution in [-0.4, -0.2) is 12.0 Å². The van der Waals surface area contributed by atoms with Gasteiger partial charge in [-0.1, -0.05) is 17.7 Å². The lowest BCUT2D eigenvalue weighted by molar-refractivity contribution is 0.480. The van der Waals surface area contributed by atoms with E-state index < -0.39 is 0 Å². The Morgan fingerprint density at radius 3 is 2.81 bits per heavy atom. The van der Waals surface area contributed by atoms with E-state index in [1.165, 1.54) is 0 Å². The van der Waals surface area contributed by atoms with Crippen molar-refractivity contribution in [2.75, 3.05) is 12.4 Å². The Morgan fingerprint density at radius 2 is 2.06 bits per heavy atom. The number of aromatic nitrogens is 1. The maximum Gasteiger partial charge on any atom is 0.147 e. The first-order valence-corrected chi connectivity index (χ1v) is 5.22. The molecule has 0 saturated carbocycles. The number of ether oxygens (including phenoxy) is 1. The van der Waals surface area contributed by atoms with Crippen molar-refractivity contribution >= 4 is 17.3 Å². The van der Waals surface area contributed by atoms with Gasteiger partial charge in [0.1, 0.15) is 11.5 Å². The molecular weight excluding hydrogens is 224 g/mol. The van der Waals surface area contributed by atoms with E-state index in [1.807, 2.05) is 25.2 Å². The molecule has 16 heavy (non-hydrogen) atoms. The van der Waals surface area contributed by atoms with Crippen LogP contribution in [0.15, 0.2) is 42.7 Å². The van der Waals surface area contributed by atoms with Gasteiger partial charge in [-0.2, -0.15) is 0 Å². The summed E-state index contributed by atoms with van der Waals surface area (Å²) in [5.41, 5.74) is 0.902. The monoisotopic (exact) mass is 234 g/mol. The van der Waals surface area contributed by atoms with Crippen molar-refractivity contribution < 1.29 is 4.74 Å². The predicted molar refractivity (Wildman–Crippen MR) is 65.3 cm³/mol.